The van der Waals surface area contributed by atoms with Crippen LogP contribution in [0, 0.1) is 18.3 Å². The average Bonchev–Trinajstić information content (AvgIpc) is 3.37. The van der Waals surface area contributed by atoms with Crippen LogP contribution in [-0.2, 0) is 16.1 Å². The number of ether oxygens (including phenoxy) is 1. The van der Waals surface area contributed by atoms with Gasteiger partial charge < -0.3 is 29.3 Å². The number of methoxy groups -OCH3 is 1. The molecule has 2 amide bonds. The number of aromatic nitrogens is 1. The van der Waals surface area contributed by atoms with E-state index in [2.05, 4.69) is 61.2 Å². The third kappa shape index (κ3) is 5.33. The Labute approximate surface area is 253 Å². The molecule has 0 bridgehead atoms. The van der Waals surface area contributed by atoms with Gasteiger partial charge in [-0.15, -0.1) is 0 Å². The summed E-state index contributed by atoms with van der Waals surface area (Å²) < 4.78 is 11.0. The number of aromatic amines is 1. The Balaban J connectivity index is 1.32. The predicted molar refractivity (Wildman–Crippen MR) is 168 cm³/mol. The molecular weight excluding hydrogens is 540 g/mol. The normalized spacial score (nSPS) is 21.0. The zero-order chi connectivity index (χ0) is 30.4. The number of amides is 2. The van der Waals surface area contributed by atoms with Gasteiger partial charge in [0.05, 0.1) is 19.9 Å². The average molecular weight is 583 g/mol. The Morgan fingerprint density at radius 1 is 1.07 bits per heavy atom. The number of carbonyl (C=O) groups is 2. The monoisotopic (exact) mass is 582 g/mol. The Kier molecular flexibility index (Phi) is 7.59. The van der Waals surface area contributed by atoms with E-state index in [1.54, 1.807) is 13.4 Å². The van der Waals surface area contributed by atoms with Crippen LogP contribution in [0.3, 0.4) is 0 Å². The summed E-state index contributed by atoms with van der Waals surface area (Å²) in [5.74, 6) is 1.62. The third-order valence-electron chi connectivity index (χ3n) is 10.00. The number of nitrogens with one attached hydrogen (secondary N) is 2. The Morgan fingerprint density at radius 3 is 2.47 bits per heavy atom. The fraction of sp³-hybridized carbons (Fsp3) is 0.429. The first-order chi connectivity index (χ1) is 20.6. The first kappa shape index (κ1) is 29.1. The third-order valence-corrected chi connectivity index (χ3v) is 10.00. The zero-order valence-electron chi connectivity index (χ0n) is 25.8. The van der Waals surface area contributed by atoms with Gasteiger partial charge in [-0.05, 0) is 92.1 Å². The summed E-state index contributed by atoms with van der Waals surface area (Å²) in [7, 11) is 3.68. The van der Waals surface area contributed by atoms with Crippen LogP contribution in [0.15, 0.2) is 71.3 Å². The first-order valence-electron chi connectivity index (χ1n) is 15.2. The number of carbonyl (C=O) groups excluding carboxylic acids is 2. The Morgan fingerprint density at radius 2 is 1.79 bits per heavy atom. The molecule has 2 aromatic carbocycles. The van der Waals surface area contributed by atoms with Crippen LogP contribution >= 0.6 is 0 Å². The van der Waals surface area contributed by atoms with Crippen molar-refractivity contribution in [1.82, 2.24) is 14.8 Å². The smallest absolute Gasteiger partial charge is 0.250 e. The first-order valence-corrected chi connectivity index (χ1v) is 15.2. The minimum atomic E-state index is -1.01. The molecule has 0 spiro atoms. The van der Waals surface area contributed by atoms with Gasteiger partial charge in [-0.25, -0.2) is 0 Å². The number of piperidine rings is 1. The summed E-state index contributed by atoms with van der Waals surface area (Å²) in [6, 6.07) is 19.4. The minimum absolute atomic E-state index is 0.0103. The number of nitrogens with zero attached hydrogens (tertiary/aromatic N) is 2. The van der Waals surface area contributed by atoms with Crippen LogP contribution in [0.5, 0.6) is 5.75 Å². The van der Waals surface area contributed by atoms with Gasteiger partial charge in [0.25, 0.3) is 0 Å². The van der Waals surface area contributed by atoms with Crippen molar-refractivity contribution in [3.63, 3.8) is 0 Å². The Hall–Kier alpha value is -4.04. The highest BCUT2D eigenvalue weighted by Gasteiger charge is 2.60. The van der Waals surface area contributed by atoms with E-state index in [1.807, 2.05) is 47.4 Å². The molecular formula is C35H42N4O4. The molecule has 1 saturated heterocycles. The molecule has 8 heteroatoms. The van der Waals surface area contributed by atoms with Gasteiger partial charge in [0, 0.05) is 41.8 Å². The van der Waals surface area contributed by atoms with Gasteiger partial charge in [0.1, 0.15) is 17.0 Å². The summed E-state index contributed by atoms with van der Waals surface area (Å²) in [4.78, 5) is 36.5. The van der Waals surface area contributed by atoms with E-state index in [0.29, 0.717) is 49.5 Å². The molecule has 8 nitrogen and oxygen atoms in total. The van der Waals surface area contributed by atoms with E-state index >= 15 is 0 Å². The van der Waals surface area contributed by atoms with Crippen LogP contribution in [-0.4, -0.2) is 59.4 Å². The molecule has 2 fully saturated rings. The molecule has 226 valence electrons. The summed E-state index contributed by atoms with van der Waals surface area (Å²) >= 11 is 0. The number of H-pyrrole nitrogens is 1. The summed E-state index contributed by atoms with van der Waals surface area (Å²) in [6.07, 6.45) is 3.06. The van der Waals surface area contributed by atoms with Crippen molar-refractivity contribution in [2.45, 2.75) is 58.0 Å². The van der Waals surface area contributed by atoms with Gasteiger partial charge in [-0.1, -0.05) is 32.0 Å². The van der Waals surface area contributed by atoms with E-state index in [-0.39, 0.29) is 35.6 Å². The van der Waals surface area contributed by atoms with Gasteiger partial charge >= 0.3 is 0 Å². The molecule has 6 rings (SSSR count). The maximum atomic E-state index is 14.6. The number of likely N-dealkylation sites (tertiary alicyclic amines) is 1. The van der Waals surface area contributed by atoms with Gasteiger partial charge in [-0.2, -0.15) is 0 Å². The number of para-hydroxylation sites is 1. The number of benzene rings is 2. The highest BCUT2D eigenvalue weighted by molar-refractivity contribution is 6.01. The highest BCUT2D eigenvalue weighted by Crippen LogP contribution is 2.67. The molecule has 0 unspecified atom stereocenters. The van der Waals surface area contributed by atoms with Crippen molar-refractivity contribution in [2.24, 2.45) is 11.3 Å². The molecule has 0 radical (unpaired) electrons. The summed E-state index contributed by atoms with van der Waals surface area (Å²) in [5.41, 5.74) is 3.21. The lowest BCUT2D eigenvalue weighted by Crippen LogP contribution is -2.62. The number of hydrogen-bond acceptors (Lipinski definition) is 5. The second-order valence-electron chi connectivity index (χ2n) is 12.9. The van der Waals surface area contributed by atoms with Crippen LogP contribution in [0.25, 0.3) is 10.9 Å². The zero-order valence-corrected chi connectivity index (χ0v) is 25.8. The van der Waals surface area contributed by atoms with Crippen molar-refractivity contribution in [1.29, 1.82) is 0 Å². The fourth-order valence-corrected chi connectivity index (χ4v) is 7.26. The summed E-state index contributed by atoms with van der Waals surface area (Å²) in [6.45, 7) is 8.32. The van der Waals surface area contributed by atoms with Gasteiger partial charge in [-0.3, -0.25) is 9.59 Å². The molecule has 1 saturated carbocycles. The quantitative estimate of drug-likeness (QED) is 0.240. The molecule has 1 aliphatic carbocycles. The molecule has 1 aliphatic heterocycles. The van der Waals surface area contributed by atoms with E-state index in [9.17, 15) is 9.59 Å². The second-order valence-corrected chi connectivity index (χ2v) is 12.9. The SMILES string of the molecule is COc1ccc(NC(=O)C2(N(Cc3ccco3)C(=O)C[C@H]3[C@@H](c4c(C)[nH]c5ccccc45)C3(C)C)CCN(C)CC2)cc1. The molecule has 2 atom stereocenters. The van der Waals surface area contributed by atoms with Crippen molar-refractivity contribution in [2.75, 3.05) is 32.6 Å². The maximum Gasteiger partial charge on any atom is 0.250 e. The van der Waals surface area contributed by atoms with Crippen LogP contribution < -0.4 is 10.1 Å². The fourth-order valence-electron chi connectivity index (χ4n) is 7.26. The summed E-state index contributed by atoms with van der Waals surface area (Å²) in [5, 5.41) is 4.36. The van der Waals surface area contributed by atoms with E-state index < -0.39 is 5.54 Å². The largest absolute Gasteiger partial charge is 0.497 e. The number of anilines is 1. The molecule has 2 aromatic heterocycles. The molecule has 2 N–H and O–H groups in total. The number of furan rings is 1. The number of aryl methyl sites for hydroxylation is 1. The second kappa shape index (κ2) is 11.2. The van der Waals surface area contributed by atoms with Crippen LogP contribution in [0.4, 0.5) is 5.69 Å². The van der Waals surface area contributed by atoms with Crippen molar-refractivity contribution in [3.05, 3.63) is 83.9 Å². The van der Waals surface area contributed by atoms with Gasteiger partial charge in [0.15, 0.2) is 0 Å². The van der Waals surface area contributed by atoms with Crippen molar-refractivity contribution in [3.8, 4) is 5.75 Å². The topological polar surface area (TPSA) is 90.8 Å². The lowest BCUT2D eigenvalue weighted by Gasteiger charge is -2.46. The lowest BCUT2D eigenvalue weighted by molar-refractivity contribution is -0.150. The number of hydrogen-bond donors (Lipinski definition) is 2. The standard InChI is InChI=1S/C35H42N4O4/c1-23-31(27-10-6-7-11-29(27)36-23)32-28(34(32,2)3)21-30(40)39(22-26-9-8-20-43-26)35(16-18-38(4)19-17-35)33(41)37-24-12-14-25(42-5)15-13-24/h6-15,20,28,32,36H,16-19,21-22H2,1-5H3,(H,37,41)/t28-,32-/m0/s1. The molecule has 4 aromatic rings. The molecule has 2 aliphatic rings. The number of rotatable bonds is 9. The minimum Gasteiger partial charge on any atom is -0.497 e. The molecule has 3 heterocycles. The predicted octanol–water partition coefficient (Wildman–Crippen LogP) is 6.34. The van der Waals surface area contributed by atoms with E-state index in [4.69, 9.17) is 9.15 Å². The van der Waals surface area contributed by atoms with Crippen molar-refractivity contribution < 1.29 is 18.7 Å². The lowest BCUT2D eigenvalue weighted by atomic mass is 9.83. The van der Waals surface area contributed by atoms with Gasteiger partial charge in [0.2, 0.25) is 11.8 Å². The molecule has 43 heavy (non-hydrogen) atoms. The maximum absolute atomic E-state index is 14.6. The number of fused-ring (bicyclic) bond motifs is 1. The van der Waals surface area contributed by atoms with Crippen LogP contribution in [0.1, 0.15) is 56.0 Å². The Bertz CT molecular complexity index is 1600. The van der Waals surface area contributed by atoms with E-state index in [0.717, 1.165) is 11.2 Å². The van der Waals surface area contributed by atoms with Crippen LogP contribution in [0.2, 0.25) is 0 Å². The highest BCUT2D eigenvalue weighted by atomic mass is 16.5. The van der Waals surface area contributed by atoms with E-state index in [1.165, 1.54) is 10.9 Å². The van der Waals surface area contributed by atoms with Crippen molar-refractivity contribution >= 4 is 28.4 Å².